The van der Waals surface area contributed by atoms with Crippen LogP contribution in [0.4, 0.5) is 10.1 Å². The second-order valence-electron chi connectivity index (χ2n) is 7.77. The van der Waals surface area contributed by atoms with Crippen LogP contribution in [0.3, 0.4) is 0 Å². The van der Waals surface area contributed by atoms with E-state index >= 15 is 0 Å². The second-order valence-corrected chi connectivity index (χ2v) is 7.77. The lowest BCUT2D eigenvalue weighted by atomic mass is 9.85. The Morgan fingerprint density at radius 1 is 1.24 bits per heavy atom. The van der Waals surface area contributed by atoms with E-state index in [0.29, 0.717) is 17.1 Å². The van der Waals surface area contributed by atoms with Crippen molar-refractivity contribution in [3.63, 3.8) is 0 Å². The average molecular weight is 394 g/mol. The summed E-state index contributed by atoms with van der Waals surface area (Å²) in [5.74, 6) is 1.19. The van der Waals surface area contributed by atoms with E-state index in [-0.39, 0.29) is 30.3 Å². The number of hydrazone groups is 1. The zero-order valence-electron chi connectivity index (χ0n) is 16.2. The number of halogens is 1. The number of piperidine rings is 1. The summed E-state index contributed by atoms with van der Waals surface area (Å²) in [5.41, 5.74) is 5.87. The Kier molecular flexibility index (Phi) is 4.47. The molecule has 3 aliphatic rings. The van der Waals surface area contributed by atoms with Gasteiger partial charge in [0.05, 0.1) is 5.69 Å². The van der Waals surface area contributed by atoms with Gasteiger partial charge in [-0.05, 0) is 61.6 Å². The van der Waals surface area contributed by atoms with Crippen molar-refractivity contribution >= 4 is 17.4 Å². The van der Waals surface area contributed by atoms with E-state index in [1.54, 1.807) is 6.07 Å². The minimum Gasteiger partial charge on any atom is -0.483 e. The normalized spacial score (nSPS) is 23.4. The lowest BCUT2D eigenvalue weighted by Gasteiger charge is -2.39. The van der Waals surface area contributed by atoms with Crippen molar-refractivity contribution in [1.82, 2.24) is 10.7 Å². The molecule has 6 nitrogen and oxygen atoms in total. The Bertz CT molecular complexity index is 1000. The highest BCUT2D eigenvalue weighted by molar-refractivity contribution is 6.09. The number of nitrogens with zero attached hydrogens (tertiary/aromatic N) is 2. The summed E-state index contributed by atoms with van der Waals surface area (Å²) < 4.78 is 20.7. The third-order valence-corrected chi connectivity index (χ3v) is 5.99. The lowest BCUT2D eigenvalue weighted by molar-refractivity contribution is -0.122. The molecule has 2 aromatic rings. The highest BCUT2D eigenvalue weighted by Gasteiger charge is 2.36. The van der Waals surface area contributed by atoms with Crippen molar-refractivity contribution in [3.8, 4) is 16.9 Å². The number of ether oxygens (including phenoxy) is 1. The first-order chi connectivity index (χ1) is 14.1. The third-order valence-electron chi connectivity index (χ3n) is 5.99. The van der Waals surface area contributed by atoms with Crippen LogP contribution in [0.2, 0.25) is 0 Å². The van der Waals surface area contributed by atoms with Crippen LogP contribution >= 0.6 is 0 Å². The van der Waals surface area contributed by atoms with Gasteiger partial charge in [0.15, 0.2) is 5.84 Å². The first-order valence-electron chi connectivity index (χ1n) is 10.1. The molecular weight excluding hydrogens is 371 g/mol. The van der Waals surface area contributed by atoms with Gasteiger partial charge in [-0.25, -0.2) is 9.82 Å². The number of hydrogen-bond acceptors (Lipinski definition) is 5. The highest BCUT2D eigenvalue weighted by Crippen LogP contribution is 2.44. The van der Waals surface area contributed by atoms with E-state index < -0.39 is 0 Å². The lowest BCUT2D eigenvalue weighted by Crippen LogP contribution is -2.55. The Hall–Kier alpha value is -2.93. The molecule has 7 heteroatoms. The number of nitrogens with one attached hydrogen (secondary N) is 2. The largest absolute Gasteiger partial charge is 0.483 e. The molecule has 0 radical (unpaired) electrons. The van der Waals surface area contributed by atoms with Crippen LogP contribution in [0.5, 0.6) is 5.75 Å². The molecule has 1 fully saturated rings. The molecule has 0 aromatic heterocycles. The van der Waals surface area contributed by atoms with E-state index in [1.807, 2.05) is 30.0 Å². The number of amidine groups is 1. The predicted molar refractivity (Wildman–Crippen MR) is 110 cm³/mol. The molecule has 3 aliphatic heterocycles. The minimum absolute atomic E-state index is 0.152. The number of hydrogen-bond donors (Lipinski definition) is 2. The van der Waals surface area contributed by atoms with Crippen LogP contribution in [0, 0.1) is 5.82 Å². The van der Waals surface area contributed by atoms with Gasteiger partial charge in [-0.3, -0.25) is 4.79 Å². The summed E-state index contributed by atoms with van der Waals surface area (Å²) in [7, 11) is 0. The zero-order chi connectivity index (χ0) is 20.0. The van der Waals surface area contributed by atoms with Crippen LogP contribution in [0.25, 0.3) is 11.1 Å². The molecule has 2 atom stereocenters. The number of carbonyl (C=O) groups excluding carboxylic acids is 1. The minimum atomic E-state index is -0.387. The number of anilines is 1. The number of rotatable bonds is 2. The van der Waals surface area contributed by atoms with Crippen molar-refractivity contribution < 1.29 is 13.9 Å². The molecular formula is C22H23FN4O2. The average Bonchev–Trinajstić information content (AvgIpc) is 2.76. The molecule has 5 rings (SSSR count). The van der Waals surface area contributed by atoms with Gasteiger partial charge in [-0.15, -0.1) is 0 Å². The van der Waals surface area contributed by atoms with E-state index in [2.05, 4.69) is 21.9 Å². The fraction of sp³-hybridized carbons (Fsp3) is 0.364. The van der Waals surface area contributed by atoms with Gasteiger partial charge in [-0.2, -0.15) is 5.10 Å². The standard InChI is InChI=1S/C22H23FN4O2/c1-13-22(28)26-25-21-12-29-20-10-17(15-6-2-3-7-18(15)23)16(9-19(20)27(13)21)14-5-4-8-24-11-14/h2-3,6-7,9-10,13-14,24H,4-5,8,11-12H2,1H3,(H,26,28)/t13-,14+/m1/s1. The predicted octanol–water partition coefficient (Wildman–Crippen LogP) is 2.99. The van der Waals surface area contributed by atoms with Gasteiger partial charge in [0.2, 0.25) is 0 Å². The Balaban J connectivity index is 1.69. The molecule has 0 saturated carbocycles. The Morgan fingerprint density at radius 2 is 2.10 bits per heavy atom. The molecule has 1 amide bonds. The maximum absolute atomic E-state index is 14.7. The van der Waals surface area contributed by atoms with Gasteiger partial charge in [-0.1, -0.05) is 18.2 Å². The van der Waals surface area contributed by atoms with Crippen molar-refractivity contribution in [2.75, 3.05) is 24.6 Å². The molecule has 29 heavy (non-hydrogen) atoms. The van der Waals surface area contributed by atoms with Gasteiger partial charge < -0.3 is 15.0 Å². The van der Waals surface area contributed by atoms with Crippen molar-refractivity contribution in [1.29, 1.82) is 0 Å². The molecule has 1 saturated heterocycles. The van der Waals surface area contributed by atoms with E-state index in [9.17, 15) is 9.18 Å². The number of carbonyl (C=O) groups is 1. The van der Waals surface area contributed by atoms with Crippen LogP contribution in [0.15, 0.2) is 41.5 Å². The van der Waals surface area contributed by atoms with Crippen molar-refractivity contribution in [2.24, 2.45) is 5.10 Å². The molecule has 0 unspecified atom stereocenters. The molecule has 3 heterocycles. The topological polar surface area (TPSA) is 66.0 Å². The SMILES string of the molecule is C[C@@H]1C(=O)NN=C2COc3cc(-c4ccccc4F)c([C@H]4CCCNC4)cc3N21. The van der Waals surface area contributed by atoms with Crippen molar-refractivity contribution in [3.05, 3.63) is 47.8 Å². The first kappa shape index (κ1) is 18.1. The summed E-state index contributed by atoms with van der Waals surface area (Å²) in [6.45, 7) is 3.96. The molecule has 0 spiro atoms. The second kappa shape index (κ2) is 7.15. The number of benzene rings is 2. The van der Waals surface area contributed by atoms with Gasteiger partial charge in [0, 0.05) is 12.1 Å². The molecule has 2 N–H and O–H groups in total. The summed E-state index contributed by atoms with van der Waals surface area (Å²) in [6, 6.07) is 10.5. The van der Waals surface area contributed by atoms with Gasteiger partial charge in [0.1, 0.15) is 24.2 Å². The maximum atomic E-state index is 14.7. The first-order valence-corrected chi connectivity index (χ1v) is 10.1. The molecule has 2 aromatic carbocycles. The van der Waals surface area contributed by atoms with Crippen LogP contribution in [-0.4, -0.2) is 37.5 Å². The summed E-state index contributed by atoms with van der Waals surface area (Å²) in [5, 5.41) is 7.62. The molecule has 0 aliphatic carbocycles. The maximum Gasteiger partial charge on any atom is 0.262 e. The molecule has 0 bridgehead atoms. The zero-order valence-corrected chi connectivity index (χ0v) is 16.2. The van der Waals surface area contributed by atoms with Crippen LogP contribution < -0.4 is 20.4 Å². The smallest absolute Gasteiger partial charge is 0.262 e. The van der Waals surface area contributed by atoms with Crippen molar-refractivity contribution in [2.45, 2.75) is 31.7 Å². The summed E-state index contributed by atoms with van der Waals surface area (Å²) >= 11 is 0. The van der Waals surface area contributed by atoms with Crippen LogP contribution in [0.1, 0.15) is 31.2 Å². The number of amides is 1. The third kappa shape index (κ3) is 3.06. The Labute approximate surface area is 168 Å². The van der Waals surface area contributed by atoms with Gasteiger partial charge >= 0.3 is 0 Å². The fourth-order valence-electron chi connectivity index (χ4n) is 4.46. The fourth-order valence-corrected chi connectivity index (χ4v) is 4.46. The van der Waals surface area contributed by atoms with E-state index in [4.69, 9.17) is 4.74 Å². The van der Waals surface area contributed by atoms with E-state index in [0.717, 1.165) is 42.7 Å². The molecule has 150 valence electrons. The number of fused-ring (bicyclic) bond motifs is 3. The van der Waals surface area contributed by atoms with E-state index in [1.165, 1.54) is 6.07 Å². The quantitative estimate of drug-likeness (QED) is 0.822. The van der Waals surface area contributed by atoms with Gasteiger partial charge in [0.25, 0.3) is 5.91 Å². The Morgan fingerprint density at radius 3 is 2.90 bits per heavy atom. The highest BCUT2D eigenvalue weighted by atomic mass is 19.1. The van der Waals surface area contributed by atoms with Crippen LogP contribution in [-0.2, 0) is 4.79 Å². The monoisotopic (exact) mass is 394 g/mol. The summed E-state index contributed by atoms with van der Waals surface area (Å²) in [6.07, 6.45) is 2.11. The summed E-state index contributed by atoms with van der Waals surface area (Å²) in [4.78, 5) is 14.2.